The van der Waals surface area contributed by atoms with Crippen LogP contribution in [0.1, 0.15) is 52.5 Å². The van der Waals surface area contributed by atoms with E-state index in [9.17, 15) is 18.0 Å². The maximum Gasteiger partial charge on any atom is 0.418 e. The van der Waals surface area contributed by atoms with E-state index in [1.807, 2.05) is 6.92 Å². The van der Waals surface area contributed by atoms with Crippen molar-refractivity contribution in [2.24, 2.45) is 5.92 Å². The van der Waals surface area contributed by atoms with Crippen LogP contribution >= 0.6 is 0 Å². The third-order valence-corrected chi connectivity index (χ3v) is 3.74. The van der Waals surface area contributed by atoms with Gasteiger partial charge in [0.2, 0.25) is 5.91 Å². The van der Waals surface area contributed by atoms with Crippen LogP contribution in [0.5, 0.6) is 0 Å². The Kier molecular flexibility index (Phi) is 7.73. The van der Waals surface area contributed by atoms with E-state index in [2.05, 4.69) is 31.4 Å². The summed E-state index contributed by atoms with van der Waals surface area (Å²) in [7, 11) is 0. The molecule has 2 atom stereocenters. The first-order chi connectivity index (χ1) is 11.1. The van der Waals surface area contributed by atoms with E-state index in [1.165, 1.54) is 18.2 Å². The molecular weight excluding hydrogens is 317 g/mol. The molecule has 0 aliphatic heterocycles. The monoisotopic (exact) mass is 344 g/mol. The Morgan fingerprint density at radius 2 is 1.67 bits per heavy atom. The number of anilines is 1. The maximum absolute atomic E-state index is 12.9. The van der Waals surface area contributed by atoms with Crippen LogP contribution in [-0.2, 0) is 11.0 Å². The molecule has 0 aliphatic rings. The second-order valence-corrected chi connectivity index (χ2v) is 6.74. The van der Waals surface area contributed by atoms with Crippen molar-refractivity contribution in [1.29, 1.82) is 0 Å². The molecule has 1 aromatic rings. The fourth-order valence-corrected chi connectivity index (χ4v) is 2.53. The van der Waals surface area contributed by atoms with Gasteiger partial charge in [-0.3, -0.25) is 4.79 Å². The van der Waals surface area contributed by atoms with Crippen LogP contribution in [0.15, 0.2) is 24.3 Å². The molecule has 0 fully saturated rings. The van der Waals surface area contributed by atoms with Gasteiger partial charge in [-0.15, -0.1) is 0 Å². The number of carbonyl (C=O) groups excluding carboxylic acids is 1. The van der Waals surface area contributed by atoms with Crippen LogP contribution in [-0.4, -0.2) is 18.0 Å². The van der Waals surface area contributed by atoms with Crippen molar-refractivity contribution in [2.75, 3.05) is 5.32 Å². The average Bonchev–Trinajstić information content (AvgIpc) is 2.44. The van der Waals surface area contributed by atoms with Crippen molar-refractivity contribution < 1.29 is 18.0 Å². The second-order valence-electron chi connectivity index (χ2n) is 6.74. The Balaban J connectivity index is 2.55. The molecule has 0 spiro atoms. The molecule has 0 bridgehead atoms. The van der Waals surface area contributed by atoms with Gasteiger partial charge in [-0.25, -0.2) is 0 Å². The van der Waals surface area contributed by atoms with Gasteiger partial charge in [-0.2, -0.15) is 13.2 Å². The number of hydrogen-bond acceptors (Lipinski definition) is 2. The summed E-state index contributed by atoms with van der Waals surface area (Å²) in [5.41, 5.74) is -1.03. The highest BCUT2D eigenvalue weighted by molar-refractivity contribution is 5.92. The fourth-order valence-electron chi connectivity index (χ4n) is 2.53. The standard InChI is InChI=1S/C18H27F3N2O/c1-12(2)9-10-13(3)22-14(4)11-17(24)23-16-8-6-5-7-15(16)18(19,20)21/h5-8,12-14,22H,9-11H2,1-4H3,(H,23,24). The van der Waals surface area contributed by atoms with E-state index in [-0.39, 0.29) is 24.2 Å². The van der Waals surface area contributed by atoms with Gasteiger partial charge in [0.15, 0.2) is 0 Å². The summed E-state index contributed by atoms with van der Waals surface area (Å²) in [5.74, 6) is 0.189. The highest BCUT2D eigenvalue weighted by Gasteiger charge is 2.33. The summed E-state index contributed by atoms with van der Waals surface area (Å²) >= 11 is 0. The first kappa shape index (κ1) is 20.5. The first-order valence-electron chi connectivity index (χ1n) is 8.31. The minimum absolute atomic E-state index is 0.106. The number of hydrogen-bond donors (Lipinski definition) is 2. The topological polar surface area (TPSA) is 41.1 Å². The lowest BCUT2D eigenvalue weighted by molar-refractivity contribution is -0.137. The number of carbonyl (C=O) groups is 1. The minimum Gasteiger partial charge on any atom is -0.325 e. The Hall–Kier alpha value is -1.56. The summed E-state index contributed by atoms with van der Waals surface area (Å²) in [6.45, 7) is 8.22. The largest absolute Gasteiger partial charge is 0.418 e. The molecule has 0 heterocycles. The summed E-state index contributed by atoms with van der Waals surface area (Å²) in [5, 5.41) is 5.69. The van der Waals surface area contributed by atoms with Crippen LogP contribution in [0.4, 0.5) is 18.9 Å². The highest BCUT2D eigenvalue weighted by atomic mass is 19.4. The number of amides is 1. The van der Waals surface area contributed by atoms with E-state index >= 15 is 0 Å². The third kappa shape index (κ3) is 7.34. The molecular formula is C18H27F3N2O. The fraction of sp³-hybridized carbons (Fsp3) is 0.611. The zero-order valence-corrected chi connectivity index (χ0v) is 14.7. The lowest BCUT2D eigenvalue weighted by Gasteiger charge is -2.21. The lowest BCUT2D eigenvalue weighted by atomic mass is 10.0. The lowest BCUT2D eigenvalue weighted by Crippen LogP contribution is -2.37. The van der Waals surface area contributed by atoms with Crippen LogP contribution in [0.25, 0.3) is 0 Å². The molecule has 6 heteroatoms. The Morgan fingerprint density at radius 1 is 1.04 bits per heavy atom. The van der Waals surface area contributed by atoms with Crippen molar-refractivity contribution in [3.8, 4) is 0 Å². The quantitative estimate of drug-likeness (QED) is 0.709. The second kappa shape index (κ2) is 9.06. The molecule has 0 saturated heterocycles. The van der Waals surface area contributed by atoms with E-state index in [0.717, 1.165) is 18.9 Å². The number of para-hydroxylation sites is 1. The summed E-state index contributed by atoms with van der Waals surface area (Å²) < 4.78 is 38.8. The highest BCUT2D eigenvalue weighted by Crippen LogP contribution is 2.34. The number of benzene rings is 1. The van der Waals surface area contributed by atoms with Gasteiger partial charge in [-0.1, -0.05) is 26.0 Å². The van der Waals surface area contributed by atoms with Crippen LogP contribution in [0.2, 0.25) is 0 Å². The van der Waals surface area contributed by atoms with Crippen molar-refractivity contribution in [3.05, 3.63) is 29.8 Å². The molecule has 0 radical (unpaired) electrons. The minimum atomic E-state index is -4.49. The maximum atomic E-state index is 12.9. The zero-order valence-electron chi connectivity index (χ0n) is 14.7. The van der Waals surface area contributed by atoms with Gasteiger partial charge < -0.3 is 10.6 Å². The molecule has 0 saturated carbocycles. The molecule has 0 aromatic heterocycles. The van der Waals surface area contributed by atoms with Gasteiger partial charge in [0.05, 0.1) is 11.3 Å². The zero-order chi connectivity index (χ0) is 18.3. The van der Waals surface area contributed by atoms with Gasteiger partial charge in [0.1, 0.15) is 0 Å². The molecule has 1 aromatic carbocycles. The van der Waals surface area contributed by atoms with E-state index in [1.54, 1.807) is 0 Å². The number of rotatable bonds is 8. The normalized spacial score (nSPS) is 14.5. The van der Waals surface area contributed by atoms with Crippen molar-refractivity contribution in [3.63, 3.8) is 0 Å². The van der Waals surface area contributed by atoms with Crippen molar-refractivity contribution in [2.45, 2.75) is 65.2 Å². The van der Waals surface area contributed by atoms with E-state index in [0.29, 0.717) is 5.92 Å². The van der Waals surface area contributed by atoms with Crippen molar-refractivity contribution >= 4 is 11.6 Å². The van der Waals surface area contributed by atoms with E-state index < -0.39 is 17.6 Å². The van der Waals surface area contributed by atoms with E-state index in [4.69, 9.17) is 0 Å². The molecule has 136 valence electrons. The molecule has 0 aliphatic carbocycles. The van der Waals surface area contributed by atoms with Crippen LogP contribution in [0.3, 0.4) is 0 Å². The summed E-state index contributed by atoms with van der Waals surface area (Å²) in [6.07, 6.45) is -2.27. The summed E-state index contributed by atoms with van der Waals surface area (Å²) in [4.78, 5) is 12.0. The van der Waals surface area contributed by atoms with Gasteiger partial charge in [0, 0.05) is 18.5 Å². The Labute approximate surface area is 142 Å². The van der Waals surface area contributed by atoms with Crippen molar-refractivity contribution in [1.82, 2.24) is 5.32 Å². The first-order valence-corrected chi connectivity index (χ1v) is 8.31. The predicted molar refractivity (Wildman–Crippen MR) is 90.8 cm³/mol. The SMILES string of the molecule is CC(C)CCC(C)NC(C)CC(=O)Nc1ccccc1C(F)(F)F. The van der Waals surface area contributed by atoms with Crippen LogP contribution < -0.4 is 10.6 Å². The Bertz CT molecular complexity index is 529. The molecule has 2 unspecified atom stereocenters. The molecule has 2 N–H and O–H groups in total. The number of halogens is 3. The molecule has 1 amide bonds. The van der Waals surface area contributed by atoms with Gasteiger partial charge >= 0.3 is 6.18 Å². The number of alkyl halides is 3. The number of nitrogens with one attached hydrogen (secondary N) is 2. The van der Waals surface area contributed by atoms with Crippen LogP contribution in [0, 0.1) is 5.92 Å². The van der Waals surface area contributed by atoms with Gasteiger partial charge in [0.25, 0.3) is 0 Å². The van der Waals surface area contributed by atoms with Gasteiger partial charge in [-0.05, 0) is 44.7 Å². The Morgan fingerprint density at radius 3 is 2.25 bits per heavy atom. The molecule has 24 heavy (non-hydrogen) atoms. The molecule has 1 rings (SSSR count). The average molecular weight is 344 g/mol. The predicted octanol–water partition coefficient (Wildman–Crippen LogP) is 4.84. The molecule has 3 nitrogen and oxygen atoms in total. The summed E-state index contributed by atoms with van der Waals surface area (Å²) in [6, 6.07) is 5.16. The third-order valence-electron chi connectivity index (χ3n) is 3.74. The smallest absolute Gasteiger partial charge is 0.325 e.